The molecule has 1 aromatic rings. The summed E-state index contributed by atoms with van der Waals surface area (Å²) in [6.07, 6.45) is 0.503. The normalized spacial score (nSPS) is 20.5. The Labute approximate surface area is 125 Å². The molecule has 0 aromatic heterocycles. The fourth-order valence-corrected chi connectivity index (χ4v) is 2.06. The van der Waals surface area contributed by atoms with Gasteiger partial charge >= 0.3 is 6.09 Å². The lowest BCUT2D eigenvalue weighted by atomic mass is 10.1. The molecule has 21 heavy (non-hydrogen) atoms. The number of nitriles is 1. The Hall–Kier alpha value is -2.06. The van der Waals surface area contributed by atoms with Gasteiger partial charge in [-0.25, -0.2) is 4.79 Å². The average molecular weight is 287 g/mol. The molecular formula is C16H21N3O2. The zero-order valence-corrected chi connectivity index (χ0v) is 12.6. The van der Waals surface area contributed by atoms with E-state index in [4.69, 9.17) is 10.00 Å². The second-order valence-corrected chi connectivity index (χ2v) is 6.24. The lowest BCUT2D eigenvalue weighted by molar-refractivity contribution is 0.0522. The SMILES string of the molecule is CC(C)(C)OC(=O)NC1CC1NCc1ccccc1C#N. The van der Waals surface area contributed by atoms with E-state index in [-0.39, 0.29) is 18.2 Å². The fourth-order valence-electron chi connectivity index (χ4n) is 2.06. The quantitative estimate of drug-likeness (QED) is 0.891. The van der Waals surface area contributed by atoms with E-state index in [1.807, 2.05) is 39.0 Å². The molecule has 1 aliphatic carbocycles. The van der Waals surface area contributed by atoms with E-state index in [2.05, 4.69) is 16.7 Å². The van der Waals surface area contributed by atoms with E-state index in [0.717, 1.165) is 12.0 Å². The minimum atomic E-state index is -0.479. The Morgan fingerprint density at radius 3 is 2.76 bits per heavy atom. The smallest absolute Gasteiger partial charge is 0.407 e. The van der Waals surface area contributed by atoms with E-state index in [0.29, 0.717) is 12.1 Å². The molecule has 0 aliphatic heterocycles. The summed E-state index contributed by atoms with van der Waals surface area (Å²) in [7, 11) is 0. The first-order chi connectivity index (χ1) is 9.89. The minimum absolute atomic E-state index is 0.106. The second-order valence-electron chi connectivity index (χ2n) is 6.24. The van der Waals surface area contributed by atoms with Crippen molar-refractivity contribution in [3.63, 3.8) is 0 Å². The monoisotopic (exact) mass is 287 g/mol. The first kappa shape index (κ1) is 15.3. The molecule has 0 bridgehead atoms. The molecule has 1 amide bonds. The number of hydrogen-bond acceptors (Lipinski definition) is 4. The van der Waals surface area contributed by atoms with Crippen molar-refractivity contribution in [3.8, 4) is 6.07 Å². The van der Waals surface area contributed by atoms with Crippen LogP contribution in [-0.4, -0.2) is 23.8 Å². The van der Waals surface area contributed by atoms with Gasteiger partial charge in [-0.05, 0) is 38.8 Å². The van der Waals surface area contributed by atoms with Crippen molar-refractivity contribution in [3.05, 3.63) is 35.4 Å². The molecule has 0 saturated heterocycles. The first-order valence-corrected chi connectivity index (χ1v) is 7.10. The van der Waals surface area contributed by atoms with Crippen LogP contribution in [0.2, 0.25) is 0 Å². The molecule has 2 unspecified atom stereocenters. The Morgan fingerprint density at radius 2 is 2.10 bits per heavy atom. The molecule has 1 saturated carbocycles. The van der Waals surface area contributed by atoms with E-state index >= 15 is 0 Å². The van der Waals surface area contributed by atoms with E-state index < -0.39 is 5.60 Å². The van der Waals surface area contributed by atoms with Crippen molar-refractivity contribution in [1.82, 2.24) is 10.6 Å². The van der Waals surface area contributed by atoms with Crippen LogP contribution in [0.25, 0.3) is 0 Å². The second kappa shape index (κ2) is 6.15. The zero-order valence-electron chi connectivity index (χ0n) is 12.6. The van der Waals surface area contributed by atoms with E-state index in [9.17, 15) is 4.79 Å². The number of amides is 1. The summed E-state index contributed by atoms with van der Waals surface area (Å²) in [6.45, 7) is 6.15. The molecule has 2 N–H and O–H groups in total. The van der Waals surface area contributed by atoms with Crippen LogP contribution in [0.15, 0.2) is 24.3 Å². The zero-order chi connectivity index (χ0) is 15.5. The van der Waals surface area contributed by atoms with Crippen LogP contribution < -0.4 is 10.6 Å². The largest absolute Gasteiger partial charge is 0.444 e. The Balaban J connectivity index is 1.75. The van der Waals surface area contributed by atoms with Gasteiger partial charge in [-0.2, -0.15) is 5.26 Å². The number of nitrogens with one attached hydrogen (secondary N) is 2. The van der Waals surface area contributed by atoms with Gasteiger partial charge in [0.25, 0.3) is 0 Å². The topological polar surface area (TPSA) is 74.2 Å². The van der Waals surface area contributed by atoms with Gasteiger partial charge in [-0.1, -0.05) is 18.2 Å². The molecule has 2 atom stereocenters. The van der Waals surface area contributed by atoms with Crippen molar-refractivity contribution >= 4 is 6.09 Å². The molecular weight excluding hydrogens is 266 g/mol. The molecule has 0 radical (unpaired) electrons. The number of rotatable bonds is 4. The summed E-state index contributed by atoms with van der Waals surface area (Å²) >= 11 is 0. The van der Waals surface area contributed by atoms with Crippen molar-refractivity contribution < 1.29 is 9.53 Å². The number of carbonyl (C=O) groups is 1. The number of ether oxygens (including phenoxy) is 1. The van der Waals surface area contributed by atoms with Crippen molar-refractivity contribution in [2.75, 3.05) is 0 Å². The summed E-state index contributed by atoms with van der Waals surface area (Å²) in [6, 6.07) is 10.0. The van der Waals surface area contributed by atoms with Crippen LogP contribution >= 0.6 is 0 Å². The highest BCUT2D eigenvalue weighted by atomic mass is 16.6. The molecule has 2 rings (SSSR count). The molecule has 5 heteroatoms. The molecule has 1 fully saturated rings. The maximum Gasteiger partial charge on any atom is 0.407 e. The minimum Gasteiger partial charge on any atom is -0.444 e. The van der Waals surface area contributed by atoms with Gasteiger partial charge < -0.3 is 15.4 Å². The number of carbonyl (C=O) groups excluding carboxylic acids is 1. The van der Waals surface area contributed by atoms with Gasteiger partial charge in [-0.3, -0.25) is 0 Å². The molecule has 112 valence electrons. The number of benzene rings is 1. The molecule has 1 aliphatic rings. The first-order valence-electron chi connectivity index (χ1n) is 7.10. The van der Waals surface area contributed by atoms with Gasteiger partial charge in [-0.15, -0.1) is 0 Å². The highest BCUT2D eigenvalue weighted by molar-refractivity contribution is 5.68. The summed E-state index contributed by atoms with van der Waals surface area (Å²) in [4.78, 5) is 11.6. The number of nitrogens with zero attached hydrogens (tertiary/aromatic N) is 1. The van der Waals surface area contributed by atoms with Crippen LogP contribution in [-0.2, 0) is 11.3 Å². The van der Waals surface area contributed by atoms with Crippen molar-refractivity contribution in [2.45, 2.75) is 51.4 Å². The Kier molecular flexibility index (Phi) is 4.49. The molecule has 0 spiro atoms. The summed E-state index contributed by atoms with van der Waals surface area (Å²) in [5.41, 5.74) is 1.18. The lowest BCUT2D eigenvalue weighted by Crippen LogP contribution is -2.36. The van der Waals surface area contributed by atoms with E-state index in [1.165, 1.54) is 0 Å². The van der Waals surface area contributed by atoms with Crippen LogP contribution in [0.4, 0.5) is 4.79 Å². The summed E-state index contributed by atoms with van der Waals surface area (Å²) < 4.78 is 5.22. The van der Waals surface area contributed by atoms with Gasteiger partial charge in [0.15, 0.2) is 0 Å². The lowest BCUT2D eigenvalue weighted by Gasteiger charge is -2.19. The molecule has 5 nitrogen and oxygen atoms in total. The third kappa shape index (κ3) is 4.76. The van der Waals surface area contributed by atoms with Crippen molar-refractivity contribution in [2.24, 2.45) is 0 Å². The highest BCUT2D eigenvalue weighted by Gasteiger charge is 2.38. The number of alkyl carbamates (subject to hydrolysis) is 1. The standard InChI is InChI=1S/C16H21N3O2/c1-16(2,3)21-15(20)19-14-8-13(14)18-10-12-7-5-4-6-11(12)9-17/h4-7,13-14,18H,8,10H2,1-3H3,(H,19,20). The van der Waals surface area contributed by atoms with Gasteiger partial charge in [0, 0.05) is 18.6 Å². The molecule has 1 aromatic carbocycles. The number of hydrogen-bond donors (Lipinski definition) is 2. The van der Waals surface area contributed by atoms with Crippen LogP contribution in [0.5, 0.6) is 0 Å². The van der Waals surface area contributed by atoms with E-state index in [1.54, 1.807) is 6.07 Å². The predicted octanol–water partition coefficient (Wildman–Crippen LogP) is 2.31. The maximum atomic E-state index is 11.6. The maximum absolute atomic E-state index is 11.6. The predicted molar refractivity (Wildman–Crippen MR) is 79.6 cm³/mol. The van der Waals surface area contributed by atoms with Crippen LogP contribution in [0.3, 0.4) is 0 Å². The third-order valence-electron chi connectivity index (χ3n) is 3.19. The Bertz CT molecular complexity index is 557. The average Bonchev–Trinajstić information content (AvgIpc) is 3.12. The van der Waals surface area contributed by atoms with Crippen LogP contribution in [0.1, 0.15) is 38.3 Å². The summed E-state index contributed by atoms with van der Waals surface area (Å²) in [5.74, 6) is 0. The fraction of sp³-hybridized carbons (Fsp3) is 0.500. The van der Waals surface area contributed by atoms with Crippen LogP contribution in [0, 0.1) is 11.3 Å². The Morgan fingerprint density at radius 1 is 1.38 bits per heavy atom. The highest BCUT2D eigenvalue weighted by Crippen LogP contribution is 2.22. The van der Waals surface area contributed by atoms with Crippen molar-refractivity contribution in [1.29, 1.82) is 5.26 Å². The molecule has 0 heterocycles. The summed E-state index contributed by atoms with van der Waals surface area (Å²) in [5, 5.41) is 15.2. The third-order valence-corrected chi connectivity index (χ3v) is 3.19. The van der Waals surface area contributed by atoms with Gasteiger partial charge in [0.05, 0.1) is 11.6 Å². The van der Waals surface area contributed by atoms with Gasteiger partial charge in [0.1, 0.15) is 5.60 Å². The van der Waals surface area contributed by atoms with Gasteiger partial charge in [0.2, 0.25) is 0 Å².